The van der Waals surface area contributed by atoms with Crippen molar-refractivity contribution in [3.8, 4) is 0 Å². The highest BCUT2D eigenvalue weighted by Gasteiger charge is 2.45. The number of hydrogen-bond acceptors (Lipinski definition) is 2. The minimum atomic E-state index is -0.179. The molecule has 1 fully saturated rings. The van der Waals surface area contributed by atoms with Gasteiger partial charge in [0.05, 0.1) is 0 Å². The van der Waals surface area contributed by atoms with Gasteiger partial charge in [0, 0.05) is 19.0 Å². The summed E-state index contributed by atoms with van der Waals surface area (Å²) in [6.45, 7) is 6.98. The first-order valence-electron chi connectivity index (χ1n) is 10.8. The summed E-state index contributed by atoms with van der Waals surface area (Å²) in [5, 5.41) is 3.06. The lowest BCUT2D eigenvalue weighted by molar-refractivity contribution is -0.122. The molecule has 0 unspecified atom stereocenters. The number of piperidine rings is 1. The van der Waals surface area contributed by atoms with E-state index in [1.807, 2.05) is 26.0 Å². The van der Waals surface area contributed by atoms with Gasteiger partial charge < -0.3 is 5.32 Å². The smallest absolute Gasteiger partial charge is 0.220 e. The largest absolute Gasteiger partial charge is 0.354 e. The molecule has 2 aromatic carbocycles. The van der Waals surface area contributed by atoms with E-state index in [1.165, 1.54) is 11.1 Å². The second-order valence-corrected chi connectivity index (χ2v) is 9.10. The minimum absolute atomic E-state index is 0.158. The molecule has 3 nitrogen and oxygen atoms in total. The van der Waals surface area contributed by atoms with Crippen molar-refractivity contribution in [3.63, 3.8) is 0 Å². The van der Waals surface area contributed by atoms with E-state index in [2.05, 4.69) is 34.5 Å². The highest BCUT2D eigenvalue weighted by atomic mass is 19.1. The Bertz CT molecular complexity index is 853. The Morgan fingerprint density at radius 1 is 1.14 bits per heavy atom. The van der Waals surface area contributed by atoms with Gasteiger partial charge >= 0.3 is 0 Å². The second-order valence-electron chi connectivity index (χ2n) is 9.10. The van der Waals surface area contributed by atoms with E-state index < -0.39 is 0 Å². The van der Waals surface area contributed by atoms with Crippen molar-refractivity contribution in [1.29, 1.82) is 0 Å². The van der Waals surface area contributed by atoms with Crippen LogP contribution in [0.25, 0.3) is 0 Å². The van der Waals surface area contributed by atoms with Crippen LogP contribution >= 0.6 is 0 Å². The average molecular weight is 395 g/mol. The van der Waals surface area contributed by atoms with E-state index in [0.717, 1.165) is 44.5 Å². The molecule has 0 aromatic heterocycles. The van der Waals surface area contributed by atoms with E-state index in [9.17, 15) is 9.18 Å². The highest BCUT2D eigenvalue weighted by Crippen LogP contribution is 2.52. The van der Waals surface area contributed by atoms with Crippen molar-refractivity contribution < 1.29 is 9.18 Å². The third kappa shape index (κ3) is 4.37. The fraction of sp³-hybridized carbons (Fsp3) is 0.480. The lowest BCUT2D eigenvalue weighted by atomic mass is 9.73. The zero-order chi connectivity index (χ0) is 20.4. The summed E-state index contributed by atoms with van der Waals surface area (Å²) in [5.74, 6) is 0.292. The predicted octanol–water partition coefficient (Wildman–Crippen LogP) is 4.76. The number of halogens is 1. The summed E-state index contributed by atoms with van der Waals surface area (Å²) in [6, 6.07) is 15.8. The maximum Gasteiger partial charge on any atom is 0.220 e. The van der Waals surface area contributed by atoms with Crippen LogP contribution in [0.3, 0.4) is 0 Å². The molecule has 2 aromatic rings. The fourth-order valence-corrected chi connectivity index (χ4v) is 5.28. The second kappa shape index (κ2) is 8.27. The predicted molar refractivity (Wildman–Crippen MR) is 114 cm³/mol. The van der Waals surface area contributed by atoms with Gasteiger partial charge in [-0.25, -0.2) is 4.39 Å². The molecular formula is C25H31FN2O. The molecule has 154 valence electrons. The van der Waals surface area contributed by atoms with Crippen molar-refractivity contribution in [1.82, 2.24) is 10.2 Å². The van der Waals surface area contributed by atoms with Crippen LogP contribution in [0, 0.1) is 5.82 Å². The van der Waals surface area contributed by atoms with Crippen molar-refractivity contribution in [2.75, 3.05) is 13.1 Å². The first-order chi connectivity index (χ1) is 13.9. The van der Waals surface area contributed by atoms with Crippen molar-refractivity contribution in [2.24, 2.45) is 0 Å². The Morgan fingerprint density at radius 3 is 2.52 bits per heavy atom. The summed E-state index contributed by atoms with van der Waals surface area (Å²) in [4.78, 5) is 14.9. The normalized spacial score (nSPS) is 20.8. The number of hydrogen-bond donors (Lipinski definition) is 1. The third-order valence-electron chi connectivity index (χ3n) is 6.62. The molecule has 1 amide bonds. The van der Waals surface area contributed by atoms with Gasteiger partial charge in [-0.1, -0.05) is 36.4 Å². The Balaban J connectivity index is 1.44. The van der Waals surface area contributed by atoms with Gasteiger partial charge in [0.15, 0.2) is 0 Å². The minimum Gasteiger partial charge on any atom is -0.354 e. The van der Waals surface area contributed by atoms with E-state index in [-0.39, 0.29) is 23.2 Å². The number of carbonyl (C=O) groups excluding carboxylic acids is 1. The summed E-state index contributed by atoms with van der Waals surface area (Å²) >= 11 is 0. The molecule has 0 radical (unpaired) electrons. The molecular weight excluding hydrogens is 363 g/mol. The van der Waals surface area contributed by atoms with Gasteiger partial charge in [0.2, 0.25) is 5.91 Å². The topological polar surface area (TPSA) is 32.3 Å². The molecule has 0 bridgehead atoms. The monoisotopic (exact) mass is 394 g/mol. The van der Waals surface area contributed by atoms with Crippen molar-refractivity contribution in [3.05, 3.63) is 71.0 Å². The van der Waals surface area contributed by atoms with Crippen LogP contribution in [0.4, 0.5) is 4.39 Å². The SMILES string of the molecule is CC(C)NC(=O)C[C@@H]1CC2(CCN(Cc3ccc(F)cc3)CC2)c2ccccc21. The fourth-order valence-electron chi connectivity index (χ4n) is 5.28. The van der Waals surface area contributed by atoms with Gasteiger partial charge in [-0.3, -0.25) is 9.69 Å². The lowest BCUT2D eigenvalue weighted by Gasteiger charge is -2.40. The van der Waals surface area contributed by atoms with Crippen LogP contribution < -0.4 is 5.32 Å². The van der Waals surface area contributed by atoms with Crippen LogP contribution in [-0.2, 0) is 16.8 Å². The summed E-state index contributed by atoms with van der Waals surface area (Å²) in [5.41, 5.74) is 4.19. The Hall–Kier alpha value is -2.20. The van der Waals surface area contributed by atoms with Crippen LogP contribution in [0.5, 0.6) is 0 Å². The molecule has 29 heavy (non-hydrogen) atoms. The van der Waals surface area contributed by atoms with Crippen molar-refractivity contribution in [2.45, 2.75) is 63.5 Å². The molecule has 1 N–H and O–H groups in total. The van der Waals surface area contributed by atoms with Crippen LogP contribution in [0.1, 0.15) is 62.1 Å². The number of rotatable bonds is 5. The van der Waals surface area contributed by atoms with Gasteiger partial charge in [0.25, 0.3) is 0 Å². The summed E-state index contributed by atoms with van der Waals surface area (Å²) in [6.07, 6.45) is 3.89. The molecule has 1 aliphatic carbocycles. The molecule has 1 saturated heterocycles. The van der Waals surface area contributed by atoms with Crippen LogP contribution in [-0.4, -0.2) is 29.9 Å². The first-order valence-corrected chi connectivity index (χ1v) is 10.8. The maximum atomic E-state index is 13.2. The zero-order valence-electron chi connectivity index (χ0n) is 17.5. The Morgan fingerprint density at radius 2 is 1.83 bits per heavy atom. The highest BCUT2D eigenvalue weighted by molar-refractivity contribution is 5.77. The van der Waals surface area contributed by atoms with Gasteiger partial charge in [-0.05, 0) is 86.4 Å². The molecule has 4 heteroatoms. The summed E-state index contributed by atoms with van der Waals surface area (Å²) in [7, 11) is 0. The van der Waals surface area contributed by atoms with Crippen molar-refractivity contribution >= 4 is 5.91 Å². The quantitative estimate of drug-likeness (QED) is 0.793. The van der Waals surface area contributed by atoms with Gasteiger partial charge in [-0.2, -0.15) is 0 Å². The first kappa shape index (κ1) is 20.1. The maximum absolute atomic E-state index is 13.2. The molecule has 4 rings (SSSR count). The van der Waals surface area contributed by atoms with E-state index in [4.69, 9.17) is 0 Å². The van der Waals surface area contributed by atoms with E-state index in [0.29, 0.717) is 12.3 Å². The number of benzene rings is 2. The number of likely N-dealkylation sites (tertiary alicyclic amines) is 1. The molecule has 1 heterocycles. The summed E-state index contributed by atoms with van der Waals surface area (Å²) < 4.78 is 13.2. The standard InChI is InChI=1S/C25H31FN2O/c1-18(2)27-24(29)15-20-16-25(23-6-4-3-5-22(20)23)11-13-28(14-12-25)17-19-7-9-21(26)10-8-19/h3-10,18,20H,11-17H2,1-2H3,(H,27,29)/t20-/m1/s1. The molecule has 1 aliphatic heterocycles. The molecule has 1 atom stereocenters. The van der Waals surface area contributed by atoms with Crippen LogP contribution in [0.15, 0.2) is 48.5 Å². The average Bonchev–Trinajstić information content (AvgIpc) is 2.98. The third-order valence-corrected chi connectivity index (χ3v) is 6.62. The van der Waals surface area contributed by atoms with Gasteiger partial charge in [0.1, 0.15) is 5.82 Å². The zero-order valence-corrected chi connectivity index (χ0v) is 17.5. The number of carbonyl (C=O) groups is 1. The van der Waals surface area contributed by atoms with E-state index >= 15 is 0 Å². The number of nitrogens with zero attached hydrogens (tertiary/aromatic N) is 1. The Labute approximate surface area is 173 Å². The number of nitrogens with one attached hydrogen (secondary N) is 1. The molecule has 1 spiro atoms. The molecule has 2 aliphatic rings. The van der Waals surface area contributed by atoms with E-state index in [1.54, 1.807) is 12.1 Å². The van der Waals surface area contributed by atoms with Gasteiger partial charge in [-0.15, -0.1) is 0 Å². The molecule has 0 saturated carbocycles. The van der Waals surface area contributed by atoms with Crippen LogP contribution in [0.2, 0.25) is 0 Å². The number of fused-ring (bicyclic) bond motifs is 2. The Kier molecular flexibility index (Phi) is 5.73. The lowest BCUT2D eigenvalue weighted by Crippen LogP contribution is -2.41. The number of amides is 1.